The number of hydrogen-bond acceptors (Lipinski definition) is 7. The third kappa shape index (κ3) is 5.12. The molecule has 0 aromatic heterocycles. The molecule has 11 heteroatoms. The van der Waals surface area contributed by atoms with Gasteiger partial charge in [0.05, 0.1) is 30.8 Å². The van der Waals surface area contributed by atoms with E-state index < -0.39 is 31.6 Å². The highest BCUT2D eigenvalue weighted by Crippen LogP contribution is 2.43. The molecule has 2 atom stereocenters. The van der Waals surface area contributed by atoms with E-state index in [1.54, 1.807) is 36.1 Å². The van der Waals surface area contributed by atoms with Crippen LogP contribution in [0.5, 0.6) is 0 Å². The molecule has 0 saturated heterocycles. The fraction of sp³-hybridized carbons (Fsp3) is 0.435. The topological polar surface area (TPSA) is 130 Å². The van der Waals surface area contributed by atoms with E-state index in [4.69, 9.17) is 9.84 Å². The van der Waals surface area contributed by atoms with Crippen LogP contribution in [-0.2, 0) is 19.6 Å². The Morgan fingerprint density at radius 3 is 2.56 bits per heavy atom. The molecule has 0 radical (unpaired) electrons. The molecular weight excluding hydrogens is 462 g/mol. The van der Waals surface area contributed by atoms with Crippen molar-refractivity contribution in [2.24, 2.45) is 0 Å². The third-order valence-electron chi connectivity index (χ3n) is 5.82. The zero-order valence-corrected chi connectivity index (χ0v) is 20.0. The van der Waals surface area contributed by atoms with Gasteiger partial charge in [-0.3, -0.25) is 14.9 Å². The van der Waals surface area contributed by atoms with Crippen LogP contribution in [0.25, 0.3) is 0 Å². The minimum absolute atomic E-state index is 0.00886. The van der Waals surface area contributed by atoms with E-state index >= 15 is 0 Å². The van der Waals surface area contributed by atoms with Gasteiger partial charge in [-0.1, -0.05) is 37.3 Å². The number of carbonyl (C=O) groups excluding carboxylic acids is 1. The number of fused-ring (bicyclic) bond motifs is 1. The first-order valence-corrected chi connectivity index (χ1v) is 12.5. The van der Waals surface area contributed by atoms with E-state index in [0.29, 0.717) is 24.1 Å². The zero-order chi connectivity index (χ0) is 24.9. The molecule has 1 aliphatic heterocycles. The number of rotatable bonds is 10. The Hall–Kier alpha value is -2.86. The number of hydrogen-bond donors (Lipinski definition) is 1. The Labute approximate surface area is 198 Å². The standard InChI is InChI=1S/C23H29N3O7S/c1-3-23(28)25-17(2)16-21(18-8-4-5-9-19(18)25)24(12-14-33-15-13-27)34(31,32)22-11-7-6-10-20(22)26(29)30/h4-11,17,21,27H,3,12-16H2,1-2H3/t17-,21+/m0/s1. The van der Waals surface area contributed by atoms with Crippen molar-refractivity contribution in [1.29, 1.82) is 0 Å². The highest BCUT2D eigenvalue weighted by molar-refractivity contribution is 7.89. The first-order valence-electron chi connectivity index (χ1n) is 11.1. The van der Waals surface area contributed by atoms with Gasteiger partial charge in [0.2, 0.25) is 5.91 Å². The van der Waals surface area contributed by atoms with Gasteiger partial charge in [-0.15, -0.1) is 0 Å². The van der Waals surface area contributed by atoms with Crippen molar-refractivity contribution in [3.63, 3.8) is 0 Å². The number of ether oxygens (including phenoxy) is 1. The summed E-state index contributed by atoms with van der Waals surface area (Å²) in [5, 5.41) is 20.6. The van der Waals surface area contributed by atoms with Gasteiger partial charge >= 0.3 is 0 Å². The number of anilines is 1. The fourth-order valence-electron chi connectivity index (χ4n) is 4.32. The van der Waals surface area contributed by atoms with Crippen LogP contribution in [-0.4, -0.2) is 61.1 Å². The molecule has 1 heterocycles. The van der Waals surface area contributed by atoms with Gasteiger partial charge in [-0.05, 0) is 31.0 Å². The predicted molar refractivity (Wildman–Crippen MR) is 126 cm³/mol. The number of nitro groups is 1. The van der Waals surface area contributed by atoms with Crippen LogP contribution in [0.3, 0.4) is 0 Å². The predicted octanol–water partition coefficient (Wildman–Crippen LogP) is 2.87. The fourth-order valence-corrected chi connectivity index (χ4v) is 6.08. The molecule has 2 aromatic rings. The van der Waals surface area contributed by atoms with Crippen LogP contribution < -0.4 is 4.90 Å². The van der Waals surface area contributed by atoms with Crippen LogP contribution in [0.4, 0.5) is 11.4 Å². The summed E-state index contributed by atoms with van der Waals surface area (Å²) in [5.41, 5.74) is 0.757. The highest BCUT2D eigenvalue weighted by Gasteiger charge is 2.42. The number of amides is 1. The van der Waals surface area contributed by atoms with E-state index in [9.17, 15) is 23.3 Å². The normalized spacial score (nSPS) is 18.1. The molecule has 10 nitrogen and oxygen atoms in total. The Morgan fingerprint density at radius 1 is 1.21 bits per heavy atom. The third-order valence-corrected chi connectivity index (χ3v) is 7.77. The molecule has 1 aliphatic rings. The molecule has 184 valence electrons. The summed E-state index contributed by atoms with van der Waals surface area (Å²) >= 11 is 0. The molecule has 0 fully saturated rings. The summed E-state index contributed by atoms with van der Waals surface area (Å²) in [5.74, 6) is -0.0715. The molecule has 1 amide bonds. The average Bonchev–Trinajstić information content (AvgIpc) is 2.83. The molecule has 0 bridgehead atoms. The van der Waals surface area contributed by atoms with E-state index in [0.717, 1.165) is 6.07 Å². The minimum atomic E-state index is -4.33. The number of aliphatic hydroxyl groups is 1. The van der Waals surface area contributed by atoms with Crippen molar-refractivity contribution in [3.05, 3.63) is 64.2 Å². The quantitative estimate of drug-likeness (QED) is 0.307. The molecule has 0 saturated carbocycles. The number of sulfonamides is 1. The van der Waals surface area contributed by atoms with Gasteiger partial charge in [-0.25, -0.2) is 8.42 Å². The molecule has 34 heavy (non-hydrogen) atoms. The van der Waals surface area contributed by atoms with E-state index in [1.807, 2.05) is 6.92 Å². The van der Waals surface area contributed by atoms with Gasteiger partial charge in [0.1, 0.15) is 0 Å². The van der Waals surface area contributed by atoms with E-state index in [2.05, 4.69) is 0 Å². The summed E-state index contributed by atoms with van der Waals surface area (Å²) in [6.07, 6.45) is 0.610. The van der Waals surface area contributed by atoms with E-state index in [-0.39, 0.29) is 38.3 Å². The number of para-hydroxylation sites is 2. The van der Waals surface area contributed by atoms with Crippen molar-refractivity contribution < 1.29 is 28.0 Å². The second-order valence-electron chi connectivity index (χ2n) is 7.95. The maximum Gasteiger partial charge on any atom is 0.289 e. The lowest BCUT2D eigenvalue weighted by Crippen LogP contribution is -2.48. The van der Waals surface area contributed by atoms with Gasteiger partial charge in [-0.2, -0.15) is 4.31 Å². The Kier molecular flexibility index (Phi) is 8.37. The lowest BCUT2D eigenvalue weighted by molar-refractivity contribution is -0.387. The van der Waals surface area contributed by atoms with Gasteiger partial charge in [0.25, 0.3) is 15.7 Å². The SMILES string of the molecule is CCC(=O)N1c2ccccc2[C@H](N(CCOCCO)S(=O)(=O)c2ccccc2[N+](=O)[O-])C[C@@H]1C. The number of carbonyl (C=O) groups is 1. The van der Waals surface area contributed by atoms with Gasteiger partial charge < -0.3 is 14.7 Å². The average molecular weight is 492 g/mol. The largest absolute Gasteiger partial charge is 0.394 e. The molecule has 3 rings (SSSR count). The van der Waals surface area contributed by atoms with Crippen molar-refractivity contribution >= 4 is 27.3 Å². The maximum atomic E-state index is 13.8. The summed E-state index contributed by atoms with van der Waals surface area (Å²) < 4.78 is 34.3. The number of nitro benzene ring substituents is 1. The Morgan fingerprint density at radius 2 is 1.88 bits per heavy atom. The lowest BCUT2D eigenvalue weighted by atomic mass is 9.91. The molecule has 0 unspecified atom stereocenters. The van der Waals surface area contributed by atoms with Crippen molar-refractivity contribution in [2.75, 3.05) is 31.3 Å². The number of nitrogens with zero attached hydrogens (tertiary/aromatic N) is 3. The minimum Gasteiger partial charge on any atom is -0.394 e. The van der Waals surface area contributed by atoms with Crippen LogP contribution in [0.2, 0.25) is 0 Å². The first-order chi connectivity index (χ1) is 16.2. The molecule has 2 aromatic carbocycles. The molecular formula is C23H29N3O7S. The van der Waals surface area contributed by atoms with Crippen molar-refractivity contribution in [3.8, 4) is 0 Å². The first kappa shape index (κ1) is 25.8. The number of benzene rings is 2. The van der Waals surface area contributed by atoms with Crippen LogP contribution in [0.1, 0.15) is 38.3 Å². The lowest BCUT2D eigenvalue weighted by Gasteiger charge is -2.43. The zero-order valence-electron chi connectivity index (χ0n) is 19.2. The van der Waals surface area contributed by atoms with Crippen LogP contribution in [0, 0.1) is 10.1 Å². The van der Waals surface area contributed by atoms with Gasteiger partial charge in [0, 0.05) is 30.8 Å². The summed E-state index contributed by atoms with van der Waals surface area (Å²) in [6.45, 7) is 3.36. The van der Waals surface area contributed by atoms with Crippen LogP contribution >= 0.6 is 0 Å². The van der Waals surface area contributed by atoms with E-state index in [1.165, 1.54) is 22.5 Å². The highest BCUT2D eigenvalue weighted by atomic mass is 32.2. The van der Waals surface area contributed by atoms with Crippen LogP contribution in [0.15, 0.2) is 53.4 Å². The molecule has 0 spiro atoms. The van der Waals surface area contributed by atoms with Crippen molar-refractivity contribution in [2.45, 2.75) is 43.7 Å². The van der Waals surface area contributed by atoms with Gasteiger partial charge in [0.15, 0.2) is 4.90 Å². The Balaban J connectivity index is 2.12. The maximum absolute atomic E-state index is 13.8. The summed E-state index contributed by atoms with van der Waals surface area (Å²) in [4.78, 5) is 24.8. The molecule has 0 aliphatic carbocycles. The monoisotopic (exact) mass is 491 g/mol. The summed E-state index contributed by atoms with van der Waals surface area (Å²) in [6, 6.07) is 11.4. The second kappa shape index (κ2) is 11.0. The van der Waals surface area contributed by atoms with Crippen molar-refractivity contribution in [1.82, 2.24) is 4.31 Å². The second-order valence-corrected chi connectivity index (χ2v) is 9.81. The number of aliphatic hydroxyl groups excluding tert-OH is 1. The summed E-state index contributed by atoms with van der Waals surface area (Å²) in [7, 11) is -4.33. The molecule has 1 N–H and O–H groups in total. The smallest absolute Gasteiger partial charge is 0.289 e. The Bertz CT molecular complexity index is 1140.